The van der Waals surface area contributed by atoms with Crippen molar-refractivity contribution in [1.82, 2.24) is 10.2 Å². The molecule has 0 spiro atoms. The zero-order valence-corrected chi connectivity index (χ0v) is 12.0. The van der Waals surface area contributed by atoms with Gasteiger partial charge in [-0.3, -0.25) is 0 Å². The third kappa shape index (κ3) is 3.37. The zero-order chi connectivity index (χ0) is 13.0. The molecule has 0 amide bonds. The molecular formula is C14H22ClN3. The lowest BCUT2D eigenvalue weighted by Crippen LogP contribution is -2.28. The lowest BCUT2D eigenvalue weighted by atomic mass is 10.2. The summed E-state index contributed by atoms with van der Waals surface area (Å²) < 4.78 is 0. The van der Waals surface area contributed by atoms with Gasteiger partial charge in [0.05, 0.1) is 0 Å². The van der Waals surface area contributed by atoms with Crippen LogP contribution in [0.3, 0.4) is 0 Å². The van der Waals surface area contributed by atoms with Gasteiger partial charge >= 0.3 is 0 Å². The number of anilines is 1. The van der Waals surface area contributed by atoms with Crippen molar-refractivity contribution in [3.8, 4) is 0 Å². The molecule has 100 valence electrons. The van der Waals surface area contributed by atoms with Crippen LogP contribution in [0.25, 0.3) is 0 Å². The molecule has 1 aliphatic heterocycles. The molecule has 0 aliphatic carbocycles. The fourth-order valence-corrected chi connectivity index (χ4v) is 2.61. The van der Waals surface area contributed by atoms with E-state index in [9.17, 15) is 0 Å². The van der Waals surface area contributed by atoms with E-state index in [2.05, 4.69) is 40.4 Å². The smallest absolute Gasteiger partial charge is 0.0471 e. The summed E-state index contributed by atoms with van der Waals surface area (Å²) in [6, 6.07) is 6.41. The third-order valence-electron chi connectivity index (χ3n) is 3.49. The molecule has 0 bridgehead atoms. The van der Waals surface area contributed by atoms with Crippen LogP contribution in [-0.2, 0) is 6.54 Å². The van der Waals surface area contributed by atoms with Gasteiger partial charge in [-0.15, -0.1) is 0 Å². The Morgan fingerprint density at radius 2 is 2.06 bits per heavy atom. The monoisotopic (exact) mass is 267 g/mol. The van der Waals surface area contributed by atoms with E-state index in [1.165, 1.54) is 18.7 Å². The van der Waals surface area contributed by atoms with Gasteiger partial charge in [-0.2, -0.15) is 0 Å². The second kappa shape index (κ2) is 6.41. The highest BCUT2D eigenvalue weighted by atomic mass is 35.5. The Bertz CT molecular complexity index is 395. The van der Waals surface area contributed by atoms with E-state index >= 15 is 0 Å². The number of halogens is 1. The van der Waals surface area contributed by atoms with Crippen LogP contribution in [0.2, 0.25) is 5.02 Å². The van der Waals surface area contributed by atoms with E-state index in [0.29, 0.717) is 0 Å². The summed E-state index contributed by atoms with van der Waals surface area (Å²) in [5, 5.41) is 4.00. The van der Waals surface area contributed by atoms with Gasteiger partial charge in [-0.05, 0) is 44.8 Å². The molecule has 0 atom stereocenters. The number of hydrogen-bond donors (Lipinski definition) is 1. The van der Waals surface area contributed by atoms with Gasteiger partial charge in [0.2, 0.25) is 0 Å². The number of likely N-dealkylation sites (N-methyl/N-ethyl adjacent to an activating group) is 1. The Labute approximate surface area is 115 Å². The van der Waals surface area contributed by atoms with Gasteiger partial charge in [-0.25, -0.2) is 0 Å². The number of benzene rings is 1. The Kier molecular flexibility index (Phi) is 4.87. The average molecular weight is 268 g/mol. The molecule has 3 nitrogen and oxygen atoms in total. The van der Waals surface area contributed by atoms with E-state index in [1.54, 1.807) is 0 Å². The topological polar surface area (TPSA) is 18.5 Å². The maximum Gasteiger partial charge on any atom is 0.0471 e. The molecule has 0 saturated carbocycles. The van der Waals surface area contributed by atoms with Crippen LogP contribution < -0.4 is 10.2 Å². The molecule has 1 N–H and O–H groups in total. The van der Waals surface area contributed by atoms with Crippen LogP contribution in [0.5, 0.6) is 0 Å². The average Bonchev–Trinajstić information content (AvgIpc) is 2.57. The summed E-state index contributed by atoms with van der Waals surface area (Å²) in [7, 11) is 4.13. The fraction of sp³-hybridized carbons (Fsp3) is 0.571. The highest BCUT2D eigenvalue weighted by Gasteiger charge is 2.13. The molecule has 0 unspecified atom stereocenters. The Morgan fingerprint density at radius 3 is 2.78 bits per heavy atom. The summed E-state index contributed by atoms with van der Waals surface area (Å²) in [6.07, 6.45) is 1.21. The number of hydrogen-bond acceptors (Lipinski definition) is 3. The van der Waals surface area contributed by atoms with Crippen LogP contribution in [0, 0.1) is 0 Å². The maximum atomic E-state index is 6.32. The second-order valence-corrected chi connectivity index (χ2v) is 5.36. The summed E-state index contributed by atoms with van der Waals surface area (Å²) in [5.74, 6) is 0. The van der Waals surface area contributed by atoms with Crippen LogP contribution in [-0.4, -0.2) is 45.2 Å². The number of rotatable bonds is 3. The second-order valence-electron chi connectivity index (χ2n) is 4.95. The van der Waals surface area contributed by atoms with E-state index in [1.807, 2.05) is 7.05 Å². The summed E-state index contributed by atoms with van der Waals surface area (Å²) >= 11 is 6.32. The first kappa shape index (κ1) is 13.7. The van der Waals surface area contributed by atoms with E-state index in [0.717, 1.165) is 36.8 Å². The van der Waals surface area contributed by atoms with E-state index in [4.69, 9.17) is 11.6 Å². The van der Waals surface area contributed by atoms with Crippen molar-refractivity contribution in [3.63, 3.8) is 0 Å². The van der Waals surface area contributed by atoms with Crippen LogP contribution in [0.15, 0.2) is 18.2 Å². The lowest BCUT2D eigenvalue weighted by molar-refractivity contribution is 0.360. The Hall–Kier alpha value is -0.770. The van der Waals surface area contributed by atoms with Gasteiger partial charge < -0.3 is 15.1 Å². The van der Waals surface area contributed by atoms with Crippen molar-refractivity contribution < 1.29 is 0 Å². The Balaban J connectivity index is 2.10. The first-order chi connectivity index (χ1) is 8.70. The minimum atomic E-state index is 0.821. The van der Waals surface area contributed by atoms with Crippen molar-refractivity contribution in [3.05, 3.63) is 28.8 Å². The molecule has 1 aromatic rings. The lowest BCUT2D eigenvalue weighted by Gasteiger charge is -2.23. The number of nitrogens with zero attached hydrogens (tertiary/aromatic N) is 2. The molecular weight excluding hydrogens is 246 g/mol. The highest BCUT2D eigenvalue weighted by Crippen LogP contribution is 2.24. The zero-order valence-electron chi connectivity index (χ0n) is 11.2. The van der Waals surface area contributed by atoms with Crippen molar-refractivity contribution >= 4 is 17.3 Å². The molecule has 1 aliphatic rings. The van der Waals surface area contributed by atoms with Crippen LogP contribution in [0.1, 0.15) is 12.0 Å². The molecule has 18 heavy (non-hydrogen) atoms. The predicted molar refractivity (Wildman–Crippen MR) is 78.5 cm³/mol. The molecule has 1 aromatic carbocycles. The first-order valence-corrected chi connectivity index (χ1v) is 6.95. The molecule has 1 saturated heterocycles. The molecule has 2 rings (SSSR count). The predicted octanol–water partition coefficient (Wildman–Crippen LogP) is 2.20. The van der Waals surface area contributed by atoms with Gasteiger partial charge in [0.25, 0.3) is 0 Å². The van der Waals surface area contributed by atoms with Gasteiger partial charge in [-0.1, -0.05) is 17.7 Å². The third-order valence-corrected chi connectivity index (χ3v) is 3.84. The van der Waals surface area contributed by atoms with Crippen LogP contribution in [0.4, 0.5) is 5.69 Å². The molecule has 0 radical (unpaired) electrons. The van der Waals surface area contributed by atoms with Gasteiger partial charge in [0.1, 0.15) is 0 Å². The summed E-state index contributed by atoms with van der Waals surface area (Å²) in [6.45, 7) is 5.32. The normalized spacial score (nSPS) is 17.8. The molecule has 1 heterocycles. The molecule has 1 fully saturated rings. The van der Waals surface area contributed by atoms with E-state index < -0.39 is 0 Å². The fourth-order valence-electron chi connectivity index (χ4n) is 2.37. The van der Waals surface area contributed by atoms with Crippen molar-refractivity contribution in [2.75, 3.05) is 45.2 Å². The van der Waals surface area contributed by atoms with Crippen molar-refractivity contribution in [1.29, 1.82) is 0 Å². The Morgan fingerprint density at radius 1 is 1.22 bits per heavy atom. The first-order valence-electron chi connectivity index (χ1n) is 6.57. The van der Waals surface area contributed by atoms with Gasteiger partial charge in [0.15, 0.2) is 0 Å². The summed E-state index contributed by atoms with van der Waals surface area (Å²) in [4.78, 5) is 4.81. The highest BCUT2D eigenvalue weighted by molar-refractivity contribution is 6.31. The van der Waals surface area contributed by atoms with Crippen molar-refractivity contribution in [2.45, 2.75) is 13.0 Å². The van der Waals surface area contributed by atoms with Gasteiger partial charge in [0, 0.05) is 36.9 Å². The molecule has 0 aromatic heterocycles. The summed E-state index contributed by atoms with van der Waals surface area (Å²) in [5.41, 5.74) is 2.41. The minimum Gasteiger partial charge on any atom is -0.370 e. The number of nitrogens with one attached hydrogen (secondary N) is 1. The minimum absolute atomic E-state index is 0.821. The molecule has 4 heteroatoms. The SMILES string of the molecule is CNCc1ccc(N2CCCN(C)CC2)cc1Cl. The van der Waals surface area contributed by atoms with Crippen LogP contribution >= 0.6 is 11.6 Å². The van der Waals surface area contributed by atoms with E-state index in [-0.39, 0.29) is 0 Å². The maximum absolute atomic E-state index is 6.32. The largest absolute Gasteiger partial charge is 0.370 e. The standard InChI is InChI=1S/C14H22ClN3/c1-16-11-12-4-5-13(10-14(12)15)18-7-3-6-17(2)8-9-18/h4-5,10,16H,3,6-9,11H2,1-2H3. The quantitative estimate of drug-likeness (QED) is 0.906. The van der Waals surface area contributed by atoms with Crippen molar-refractivity contribution in [2.24, 2.45) is 0 Å².